The molecule has 0 aliphatic rings. The van der Waals surface area contributed by atoms with Crippen LogP contribution in [0, 0.1) is 0 Å². The van der Waals surface area contributed by atoms with E-state index in [2.05, 4.69) is 16.0 Å². The van der Waals surface area contributed by atoms with Gasteiger partial charge in [0.1, 0.15) is 17.8 Å². The van der Waals surface area contributed by atoms with Crippen LogP contribution >= 0.6 is 0 Å². The van der Waals surface area contributed by atoms with Crippen LogP contribution < -0.4 is 21.7 Å². The van der Waals surface area contributed by atoms with E-state index < -0.39 is 61.3 Å². The van der Waals surface area contributed by atoms with Gasteiger partial charge in [-0.25, -0.2) is 4.79 Å². The summed E-state index contributed by atoms with van der Waals surface area (Å²) in [5, 5.41) is 34.0. The number of aliphatic carboxylic acids is 2. The summed E-state index contributed by atoms with van der Waals surface area (Å²) in [5.74, 6) is -4.74. The van der Waals surface area contributed by atoms with E-state index in [-0.39, 0.29) is 18.6 Å². The van der Waals surface area contributed by atoms with E-state index in [9.17, 15) is 34.2 Å². The zero-order valence-electron chi connectivity index (χ0n) is 16.0. The average molecular weight is 424 g/mol. The Balaban J connectivity index is 2.63. The summed E-state index contributed by atoms with van der Waals surface area (Å²) in [5.41, 5.74) is 5.72. The maximum atomic E-state index is 12.2. The minimum Gasteiger partial charge on any atom is -0.508 e. The second-order valence-electron chi connectivity index (χ2n) is 6.30. The first-order valence-electron chi connectivity index (χ1n) is 8.91. The minimum absolute atomic E-state index is 0.0107. The predicted octanol–water partition coefficient (Wildman–Crippen LogP) is -2.07. The number of hydrogen-bond donors (Lipinski definition) is 7. The normalized spacial score (nSPS) is 12.3. The van der Waals surface area contributed by atoms with Gasteiger partial charge in [-0.2, -0.15) is 0 Å². The fourth-order valence-electron chi connectivity index (χ4n) is 2.39. The minimum atomic E-state index is -1.29. The predicted molar refractivity (Wildman–Crippen MR) is 102 cm³/mol. The molecule has 0 bridgehead atoms. The lowest BCUT2D eigenvalue weighted by Crippen LogP contribution is -2.52. The maximum absolute atomic E-state index is 12.2. The monoisotopic (exact) mass is 424 g/mol. The molecule has 3 amide bonds. The van der Waals surface area contributed by atoms with Crippen molar-refractivity contribution >= 4 is 29.7 Å². The molecular formula is C18H24N4O8. The van der Waals surface area contributed by atoms with Crippen LogP contribution in [0.3, 0.4) is 0 Å². The standard InChI is InChI=1S/C18H24N4O8/c19-8-14(24)21-12(5-6-16(26)27)17(28)20-9-15(25)22-13(18(29)30)7-10-1-3-11(23)4-2-10/h1-4,12-13,23H,5-9,19H2,(H,20,28)(H,21,24)(H,22,25)(H,26,27)(H,29,30). The molecule has 0 aromatic heterocycles. The van der Waals surface area contributed by atoms with Crippen LogP contribution in [-0.4, -0.2) is 70.2 Å². The zero-order chi connectivity index (χ0) is 22.7. The van der Waals surface area contributed by atoms with Crippen molar-refractivity contribution in [1.82, 2.24) is 16.0 Å². The van der Waals surface area contributed by atoms with E-state index in [1.54, 1.807) is 0 Å². The molecule has 0 fully saturated rings. The van der Waals surface area contributed by atoms with Crippen LogP contribution in [0.2, 0.25) is 0 Å². The third kappa shape index (κ3) is 9.01. The van der Waals surface area contributed by atoms with Crippen molar-refractivity contribution in [2.24, 2.45) is 5.73 Å². The third-order valence-corrected chi connectivity index (χ3v) is 3.92. The number of carbonyl (C=O) groups is 5. The lowest BCUT2D eigenvalue weighted by Gasteiger charge is -2.18. The summed E-state index contributed by atoms with van der Waals surface area (Å²) < 4.78 is 0. The molecule has 0 aliphatic heterocycles. The Labute approximate surface area is 171 Å². The van der Waals surface area contributed by atoms with Gasteiger partial charge in [-0.05, 0) is 24.1 Å². The van der Waals surface area contributed by atoms with Gasteiger partial charge in [-0.1, -0.05) is 12.1 Å². The second kappa shape index (κ2) is 12.0. The number of amides is 3. The molecule has 0 spiro atoms. The number of rotatable bonds is 12. The maximum Gasteiger partial charge on any atom is 0.326 e. The quantitative estimate of drug-likeness (QED) is 0.196. The summed E-state index contributed by atoms with van der Waals surface area (Å²) in [4.78, 5) is 57.7. The molecule has 12 nitrogen and oxygen atoms in total. The van der Waals surface area contributed by atoms with Crippen molar-refractivity contribution in [3.8, 4) is 5.75 Å². The number of aromatic hydroxyl groups is 1. The molecule has 30 heavy (non-hydrogen) atoms. The van der Waals surface area contributed by atoms with Crippen molar-refractivity contribution in [2.75, 3.05) is 13.1 Å². The van der Waals surface area contributed by atoms with Crippen molar-refractivity contribution in [2.45, 2.75) is 31.3 Å². The molecule has 164 valence electrons. The zero-order valence-corrected chi connectivity index (χ0v) is 16.0. The topological polar surface area (TPSA) is 208 Å². The SMILES string of the molecule is NCC(=O)NC(CCC(=O)O)C(=O)NCC(=O)NC(Cc1ccc(O)cc1)C(=O)O. The van der Waals surface area contributed by atoms with Gasteiger partial charge in [0.2, 0.25) is 17.7 Å². The first kappa shape index (κ1) is 24.4. The van der Waals surface area contributed by atoms with E-state index in [1.165, 1.54) is 24.3 Å². The van der Waals surface area contributed by atoms with E-state index in [4.69, 9.17) is 10.8 Å². The highest BCUT2D eigenvalue weighted by molar-refractivity contribution is 5.92. The Bertz CT molecular complexity index is 781. The molecular weight excluding hydrogens is 400 g/mol. The molecule has 0 aliphatic carbocycles. The number of benzene rings is 1. The van der Waals surface area contributed by atoms with Crippen LogP contribution in [0.4, 0.5) is 0 Å². The Hall–Kier alpha value is -3.67. The molecule has 0 saturated heterocycles. The summed E-state index contributed by atoms with van der Waals surface area (Å²) >= 11 is 0. The smallest absolute Gasteiger partial charge is 0.326 e. The van der Waals surface area contributed by atoms with Gasteiger partial charge in [0.15, 0.2) is 0 Å². The fourth-order valence-corrected chi connectivity index (χ4v) is 2.39. The van der Waals surface area contributed by atoms with Crippen LogP contribution in [0.25, 0.3) is 0 Å². The Morgan fingerprint density at radius 1 is 0.933 bits per heavy atom. The Kier molecular flexibility index (Phi) is 9.76. The van der Waals surface area contributed by atoms with Gasteiger partial charge in [-0.3, -0.25) is 19.2 Å². The van der Waals surface area contributed by atoms with Gasteiger partial charge in [0.25, 0.3) is 0 Å². The van der Waals surface area contributed by atoms with E-state index in [1.807, 2.05) is 0 Å². The van der Waals surface area contributed by atoms with E-state index in [0.717, 1.165) is 0 Å². The number of phenolic OH excluding ortho intramolecular Hbond substituents is 1. The number of phenols is 1. The molecule has 12 heteroatoms. The molecule has 2 atom stereocenters. The summed E-state index contributed by atoms with van der Waals surface area (Å²) in [7, 11) is 0. The van der Waals surface area contributed by atoms with Crippen molar-refractivity contribution in [3.05, 3.63) is 29.8 Å². The highest BCUT2D eigenvalue weighted by atomic mass is 16.4. The fraction of sp³-hybridized carbons (Fsp3) is 0.389. The van der Waals surface area contributed by atoms with Crippen molar-refractivity contribution in [1.29, 1.82) is 0 Å². The number of carboxylic acid groups (broad SMARTS) is 2. The number of carbonyl (C=O) groups excluding carboxylic acids is 3. The Morgan fingerprint density at radius 3 is 2.07 bits per heavy atom. The van der Waals surface area contributed by atoms with Gasteiger partial charge in [0.05, 0.1) is 13.1 Å². The Morgan fingerprint density at radius 2 is 1.53 bits per heavy atom. The third-order valence-electron chi connectivity index (χ3n) is 3.92. The number of nitrogens with one attached hydrogen (secondary N) is 3. The number of carboxylic acids is 2. The number of nitrogens with two attached hydrogens (primary N) is 1. The number of hydrogen-bond acceptors (Lipinski definition) is 7. The van der Waals surface area contributed by atoms with Crippen LogP contribution in [0.5, 0.6) is 5.75 Å². The highest BCUT2D eigenvalue weighted by Gasteiger charge is 2.24. The van der Waals surface area contributed by atoms with Crippen LogP contribution in [-0.2, 0) is 30.4 Å². The largest absolute Gasteiger partial charge is 0.508 e. The van der Waals surface area contributed by atoms with Gasteiger partial charge in [-0.15, -0.1) is 0 Å². The van der Waals surface area contributed by atoms with Gasteiger partial charge >= 0.3 is 11.9 Å². The van der Waals surface area contributed by atoms with Gasteiger partial charge in [0, 0.05) is 12.8 Å². The molecule has 0 heterocycles. The summed E-state index contributed by atoms with van der Waals surface area (Å²) in [6.07, 6.45) is -0.668. The molecule has 1 aromatic carbocycles. The van der Waals surface area contributed by atoms with Crippen molar-refractivity contribution < 1.29 is 39.3 Å². The molecule has 8 N–H and O–H groups in total. The second-order valence-corrected chi connectivity index (χ2v) is 6.30. The molecule has 0 radical (unpaired) electrons. The van der Waals surface area contributed by atoms with Gasteiger partial charge < -0.3 is 37.0 Å². The van der Waals surface area contributed by atoms with E-state index in [0.29, 0.717) is 5.56 Å². The van der Waals surface area contributed by atoms with Crippen LogP contribution in [0.15, 0.2) is 24.3 Å². The molecule has 0 saturated carbocycles. The summed E-state index contributed by atoms with van der Waals surface area (Å²) in [6.45, 7) is -0.991. The molecule has 2 unspecified atom stereocenters. The van der Waals surface area contributed by atoms with Crippen LogP contribution in [0.1, 0.15) is 18.4 Å². The molecule has 1 rings (SSSR count). The average Bonchev–Trinajstić information content (AvgIpc) is 2.69. The first-order valence-corrected chi connectivity index (χ1v) is 8.91. The lowest BCUT2D eigenvalue weighted by atomic mass is 10.1. The van der Waals surface area contributed by atoms with Crippen molar-refractivity contribution in [3.63, 3.8) is 0 Å². The van der Waals surface area contributed by atoms with E-state index >= 15 is 0 Å². The summed E-state index contributed by atoms with van der Waals surface area (Å²) in [6, 6.07) is 3.28. The molecule has 1 aromatic rings. The lowest BCUT2D eigenvalue weighted by molar-refractivity contribution is -0.141. The first-order chi connectivity index (χ1) is 14.1. The highest BCUT2D eigenvalue weighted by Crippen LogP contribution is 2.11.